The fraction of sp³-hybridized carbons (Fsp3) is 0.438. The fourth-order valence-corrected chi connectivity index (χ4v) is 2.71. The third-order valence-electron chi connectivity index (χ3n) is 3.96. The maximum Gasteiger partial charge on any atom is 0.125 e. The molecule has 0 aromatic carbocycles. The number of rotatable bonds is 5. The largest absolute Gasteiger partial charge is 0.373 e. The summed E-state index contributed by atoms with van der Waals surface area (Å²) in [6.07, 6.45) is 6.64. The predicted octanol–water partition coefficient (Wildman–Crippen LogP) is 2.36. The molecule has 22 heavy (non-hydrogen) atoms. The van der Waals surface area contributed by atoms with Crippen LogP contribution in [0.3, 0.4) is 0 Å². The highest BCUT2D eigenvalue weighted by Gasteiger charge is 2.30. The first-order valence-corrected chi connectivity index (χ1v) is 7.54. The third-order valence-corrected chi connectivity index (χ3v) is 3.96. The van der Waals surface area contributed by atoms with Crippen molar-refractivity contribution in [3.8, 4) is 6.07 Å². The fourth-order valence-electron chi connectivity index (χ4n) is 2.71. The van der Waals surface area contributed by atoms with E-state index in [4.69, 9.17) is 10.00 Å². The highest BCUT2D eigenvalue weighted by Crippen LogP contribution is 2.34. The van der Waals surface area contributed by atoms with Crippen LogP contribution in [0, 0.1) is 17.2 Å². The van der Waals surface area contributed by atoms with E-state index in [1.165, 1.54) is 0 Å². The maximum atomic E-state index is 8.78. The van der Waals surface area contributed by atoms with Gasteiger partial charge in [-0.1, -0.05) is 0 Å². The molecule has 1 fully saturated rings. The second-order valence-electron chi connectivity index (χ2n) is 5.39. The van der Waals surface area contributed by atoms with Gasteiger partial charge in [-0.2, -0.15) is 10.4 Å². The average molecular weight is 297 g/mol. The minimum atomic E-state index is 0.0891. The SMILES string of the molecule is CCn1cc([C@@H]2OCC[C@H]2CNc2ccc(C#N)cn2)cn1. The Morgan fingerprint density at radius 3 is 3.05 bits per heavy atom. The molecule has 1 aliphatic heterocycles. The molecule has 3 rings (SSSR count). The standard InChI is InChI=1S/C16H19N5O/c1-2-21-11-14(10-20-21)16-13(5-6-22-16)9-19-15-4-3-12(7-17)8-18-15/h3-4,8,10-11,13,16H,2,5-6,9H2,1H3,(H,18,19)/t13-,16+/m0/s1. The van der Waals surface area contributed by atoms with Crippen LogP contribution in [0.2, 0.25) is 0 Å². The molecule has 0 amide bonds. The quantitative estimate of drug-likeness (QED) is 0.917. The zero-order chi connectivity index (χ0) is 15.4. The van der Waals surface area contributed by atoms with Crippen LogP contribution in [0.15, 0.2) is 30.7 Å². The van der Waals surface area contributed by atoms with Crippen LogP contribution in [0.4, 0.5) is 5.82 Å². The lowest BCUT2D eigenvalue weighted by Crippen LogP contribution is -2.18. The normalized spacial score (nSPS) is 20.7. The van der Waals surface area contributed by atoms with E-state index in [0.29, 0.717) is 11.5 Å². The summed E-state index contributed by atoms with van der Waals surface area (Å²) in [6, 6.07) is 5.67. The Labute approximate surface area is 129 Å². The Bertz CT molecular complexity index is 658. The van der Waals surface area contributed by atoms with Gasteiger partial charge in [-0.05, 0) is 25.5 Å². The average Bonchev–Trinajstić information content (AvgIpc) is 3.21. The number of anilines is 1. The number of nitrogens with zero attached hydrogens (tertiary/aromatic N) is 4. The monoisotopic (exact) mass is 297 g/mol. The van der Waals surface area contributed by atoms with E-state index >= 15 is 0 Å². The van der Waals surface area contributed by atoms with Crippen molar-refractivity contribution in [3.05, 3.63) is 41.9 Å². The summed E-state index contributed by atoms with van der Waals surface area (Å²) in [4.78, 5) is 4.23. The van der Waals surface area contributed by atoms with Crippen molar-refractivity contribution in [2.45, 2.75) is 26.0 Å². The van der Waals surface area contributed by atoms with Gasteiger partial charge in [-0.15, -0.1) is 0 Å². The molecule has 3 heterocycles. The Kier molecular flexibility index (Phi) is 4.35. The molecule has 0 radical (unpaired) electrons. The van der Waals surface area contributed by atoms with Crippen LogP contribution in [0.1, 0.15) is 30.6 Å². The zero-order valence-electron chi connectivity index (χ0n) is 12.6. The predicted molar refractivity (Wildman–Crippen MR) is 82.1 cm³/mol. The van der Waals surface area contributed by atoms with Crippen molar-refractivity contribution in [1.29, 1.82) is 5.26 Å². The zero-order valence-corrected chi connectivity index (χ0v) is 12.6. The molecular formula is C16H19N5O. The van der Waals surface area contributed by atoms with Gasteiger partial charge in [0.15, 0.2) is 0 Å². The van der Waals surface area contributed by atoms with Gasteiger partial charge in [-0.3, -0.25) is 4.68 Å². The number of nitrogens with one attached hydrogen (secondary N) is 1. The lowest BCUT2D eigenvalue weighted by molar-refractivity contribution is 0.0932. The summed E-state index contributed by atoms with van der Waals surface area (Å²) in [5.74, 6) is 1.18. The molecule has 1 N–H and O–H groups in total. The molecule has 114 valence electrons. The van der Waals surface area contributed by atoms with E-state index in [2.05, 4.69) is 34.6 Å². The van der Waals surface area contributed by atoms with E-state index in [9.17, 15) is 0 Å². The molecular weight excluding hydrogens is 278 g/mol. The highest BCUT2D eigenvalue weighted by atomic mass is 16.5. The summed E-state index contributed by atoms with van der Waals surface area (Å²) in [5.41, 5.74) is 1.71. The third kappa shape index (κ3) is 3.10. The highest BCUT2D eigenvalue weighted by molar-refractivity contribution is 5.39. The molecule has 0 aliphatic carbocycles. The molecule has 0 saturated carbocycles. The van der Waals surface area contributed by atoms with Crippen molar-refractivity contribution in [1.82, 2.24) is 14.8 Å². The lowest BCUT2D eigenvalue weighted by atomic mass is 9.97. The van der Waals surface area contributed by atoms with Crippen molar-refractivity contribution in [2.75, 3.05) is 18.5 Å². The van der Waals surface area contributed by atoms with Gasteiger partial charge in [0, 0.05) is 43.6 Å². The van der Waals surface area contributed by atoms with E-state index < -0.39 is 0 Å². The van der Waals surface area contributed by atoms with Gasteiger partial charge in [0.1, 0.15) is 11.9 Å². The second kappa shape index (κ2) is 6.58. The van der Waals surface area contributed by atoms with Gasteiger partial charge in [0.05, 0.1) is 17.9 Å². The van der Waals surface area contributed by atoms with Crippen molar-refractivity contribution in [3.63, 3.8) is 0 Å². The molecule has 0 bridgehead atoms. The maximum absolute atomic E-state index is 8.78. The number of pyridine rings is 1. The van der Waals surface area contributed by atoms with Crippen LogP contribution in [0.5, 0.6) is 0 Å². The smallest absolute Gasteiger partial charge is 0.125 e. The van der Waals surface area contributed by atoms with E-state index in [0.717, 1.165) is 37.5 Å². The van der Waals surface area contributed by atoms with Crippen LogP contribution >= 0.6 is 0 Å². The molecule has 2 aromatic rings. The molecule has 0 unspecified atom stereocenters. The van der Waals surface area contributed by atoms with Crippen molar-refractivity contribution >= 4 is 5.82 Å². The Balaban J connectivity index is 1.62. The minimum Gasteiger partial charge on any atom is -0.373 e. The van der Waals surface area contributed by atoms with Crippen LogP contribution in [-0.4, -0.2) is 27.9 Å². The molecule has 6 heteroatoms. The number of hydrogen-bond donors (Lipinski definition) is 1. The Morgan fingerprint density at radius 2 is 2.36 bits per heavy atom. The number of hydrogen-bond acceptors (Lipinski definition) is 5. The molecule has 6 nitrogen and oxygen atoms in total. The number of ether oxygens (including phenoxy) is 1. The summed E-state index contributed by atoms with van der Waals surface area (Å²) in [6.45, 7) is 4.50. The van der Waals surface area contributed by atoms with E-state index in [1.807, 2.05) is 16.9 Å². The molecule has 0 spiro atoms. The van der Waals surface area contributed by atoms with E-state index in [1.54, 1.807) is 12.3 Å². The molecule has 2 aromatic heterocycles. The second-order valence-corrected chi connectivity index (χ2v) is 5.39. The van der Waals surface area contributed by atoms with Gasteiger partial charge >= 0.3 is 0 Å². The number of aromatic nitrogens is 3. The van der Waals surface area contributed by atoms with Crippen LogP contribution in [-0.2, 0) is 11.3 Å². The molecule has 1 aliphatic rings. The van der Waals surface area contributed by atoms with Gasteiger partial charge in [0.2, 0.25) is 0 Å². The van der Waals surface area contributed by atoms with Crippen molar-refractivity contribution in [2.24, 2.45) is 5.92 Å². The van der Waals surface area contributed by atoms with Crippen LogP contribution in [0.25, 0.3) is 0 Å². The first kappa shape index (κ1) is 14.5. The van der Waals surface area contributed by atoms with Gasteiger partial charge < -0.3 is 10.1 Å². The summed E-state index contributed by atoms with van der Waals surface area (Å²) >= 11 is 0. The number of nitriles is 1. The number of aryl methyl sites for hydroxylation is 1. The van der Waals surface area contributed by atoms with Crippen molar-refractivity contribution < 1.29 is 4.74 Å². The Morgan fingerprint density at radius 1 is 1.45 bits per heavy atom. The first-order chi connectivity index (χ1) is 10.8. The summed E-state index contributed by atoms with van der Waals surface area (Å²) in [7, 11) is 0. The first-order valence-electron chi connectivity index (χ1n) is 7.54. The van der Waals surface area contributed by atoms with Crippen LogP contribution < -0.4 is 5.32 Å². The summed E-state index contributed by atoms with van der Waals surface area (Å²) in [5, 5.41) is 16.4. The molecule has 1 saturated heterocycles. The molecule has 2 atom stereocenters. The summed E-state index contributed by atoms with van der Waals surface area (Å²) < 4.78 is 7.80. The lowest BCUT2D eigenvalue weighted by Gasteiger charge is -2.18. The van der Waals surface area contributed by atoms with E-state index in [-0.39, 0.29) is 6.10 Å². The Hall–Kier alpha value is -2.39. The topological polar surface area (TPSA) is 75.8 Å². The minimum absolute atomic E-state index is 0.0891. The van der Waals surface area contributed by atoms with Gasteiger partial charge in [-0.25, -0.2) is 4.98 Å². The van der Waals surface area contributed by atoms with Gasteiger partial charge in [0.25, 0.3) is 0 Å².